The zero-order valence-electron chi connectivity index (χ0n) is 39.3. The number of carbonyl (C=O) groups is 4. The number of anilines is 2. The molecule has 16 nitrogen and oxygen atoms in total. The first kappa shape index (κ1) is 51.0. The Kier molecular flexibility index (Phi) is 15.8. The van der Waals surface area contributed by atoms with Crippen molar-refractivity contribution in [1.29, 1.82) is 0 Å². The first-order chi connectivity index (χ1) is 34.0. The van der Waals surface area contributed by atoms with Crippen LogP contribution in [0.1, 0.15) is 95.9 Å². The van der Waals surface area contributed by atoms with Crippen LogP contribution < -0.4 is 10.6 Å². The molecule has 366 valence electrons. The molecule has 2 fully saturated rings. The maximum atomic E-state index is 12.6. The molecule has 0 bridgehead atoms. The first-order valence-corrected chi connectivity index (χ1v) is 23.0. The summed E-state index contributed by atoms with van der Waals surface area (Å²) in [7, 11) is 0. The minimum absolute atomic E-state index is 0. The molecule has 0 saturated carbocycles. The zero-order valence-corrected chi connectivity index (χ0v) is 39.3. The number of hydrogen-bond acceptors (Lipinski definition) is 10. The topological polar surface area (TPSA) is 185 Å². The number of amides is 4. The van der Waals surface area contributed by atoms with Crippen LogP contribution in [0, 0.1) is 32.6 Å². The van der Waals surface area contributed by atoms with E-state index in [0.29, 0.717) is 48.9 Å². The molecule has 16 heteroatoms. The molecule has 2 aliphatic rings. The second-order valence-corrected chi connectivity index (χ2v) is 17.2. The summed E-state index contributed by atoms with van der Waals surface area (Å²) in [6.07, 6.45) is 11.8. The van der Waals surface area contributed by atoms with Gasteiger partial charge in [0.2, 0.25) is 5.91 Å². The Bertz CT molecular complexity index is 3340. The van der Waals surface area contributed by atoms with Gasteiger partial charge in [0, 0.05) is 96.4 Å². The van der Waals surface area contributed by atoms with Crippen LogP contribution in [0.25, 0.3) is 33.5 Å². The number of pyridine rings is 2. The minimum Gasteiger partial charge on any atom is -0.338 e. The third kappa shape index (κ3) is 10.5. The standard InChI is InChI=1S/C27H26N6O2.C27H24N6O2.2CH4/c1-4-23(34)32-14-12-21(16-32)26-31-24(25-18(3)29-15-17(2)33(25)26)19-8-10-20(11-9-19)27(35)30-22-7-5-6-13-28-22;1-3-6-24(34)32-14-12-21(17-32)26-31-25(22-16-28-15-18(2)33(22)26)19-8-10-20(11-9-19)27(35)30-23-7-4-5-13-29-23;;/h4-11,13,15,21H,1,12,14,16H2,2-3H3,(H,28,30,35);4-5,7-11,13,15-16,21H,12,14,17H2,1-2H3,(H,29,30,35);2*1H4/t2*21-;;/m11../s1. The highest BCUT2D eigenvalue weighted by Crippen LogP contribution is 2.36. The van der Waals surface area contributed by atoms with Crippen LogP contribution in [0.2, 0.25) is 0 Å². The number of nitrogens with zero attached hydrogens (tertiary/aromatic N) is 10. The van der Waals surface area contributed by atoms with Crippen molar-refractivity contribution < 1.29 is 19.2 Å². The number of carbonyl (C=O) groups excluding carboxylic acids is 4. The van der Waals surface area contributed by atoms with Gasteiger partial charge in [-0.15, -0.1) is 0 Å². The van der Waals surface area contributed by atoms with Crippen LogP contribution in [0.3, 0.4) is 0 Å². The Morgan fingerprint density at radius 3 is 1.74 bits per heavy atom. The summed E-state index contributed by atoms with van der Waals surface area (Å²) < 4.78 is 4.28. The number of likely N-dealkylation sites (tertiary alicyclic amines) is 2. The Morgan fingerprint density at radius 1 is 0.653 bits per heavy atom. The van der Waals surface area contributed by atoms with Gasteiger partial charge in [-0.2, -0.15) is 0 Å². The predicted octanol–water partition coefficient (Wildman–Crippen LogP) is 9.13. The number of fused-ring (bicyclic) bond motifs is 2. The molecule has 2 aromatic carbocycles. The van der Waals surface area contributed by atoms with Crippen LogP contribution in [0.4, 0.5) is 11.6 Å². The van der Waals surface area contributed by atoms with Crippen molar-refractivity contribution in [3.8, 4) is 34.4 Å². The quantitative estimate of drug-likeness (QED) is 0.104. The molecule has 0 unspecified atom stereocenters. The van der Waals surface area contributed by atoms with Gasteiger partial charge in [-0.3, -0.25) is 37.9 Å². The number of benzene rings is 2. The Morgan fingerprint density at radius 2 is 1.18 bits per heavy atom. The van der Waals surface area contributed by atoms with Crippen LogP contribution >= 0.6 is 0 Å². The molecular formula is C56H58N12O4. The summed E-state index contributed by atoms with van der Waals surface area (Å²) in [4.78, 5) is 80.6. The van der Waals surface area contributed by atoms with Gasteiger partial charge in [0.25, 0.3) is 17.7 Å². The molecule has 6 aromatic heterocycles. The molecule has 0 aliphatic carbocycles. The van der Waals surface area contributed by atoms with Crippen molar-refractivity contribution >= 4 is 46.3 Å². The Balaban J connectivity index is 0.000000206. The van der Waals surface area contributed by atoms with E-state index in [1.165, 1.54) is 6.08 Å². The lowest BCUT2D eigenvalue weighted by Crippen LogP contribution is -2.27. The Hall–Kier alpha value is -8.84. The average molecular weight is 963 g/mol. The maximum absolute atomic E-state index is 12.6. The summed E-state index contributed by atoms with van der Waals surface area (Å²) in [6.45, 7) is 13.8. The average Bonchev–Trinajstić information content (AvgIpc) is 4.22. The molecule has 8 heterocycles. The number of aryl methyl sites for hydroxylation is 3. The second-order valence-electron chi connectivity index (χ2n) is 17.2. The number of hydrogen-bond donors (Lipinski definition) is 2. The SMILES string of the molecule is C.C.C=CC(=O)N1CC[C@@H](c2nc(-c3ccc(C(=O)Nc4ccccn4)cc3)c3c(C)ncc(C)n23)C1.CC#CC(=O)N1CC[C@@H](c2nc(-c3ccc(C(=O)Nc4ccccn4)cc3)c3cncc(C)n23)C1. The number of rotatable bonds is 9. The molecular weight excluding hydrogens is 905 g/mol. The lowest BCUT2D eigenvalue weighted by atomic mass is 10.1. The van der Waals surface area contributed by atoms with Crippen molar-refractivity contribution in [2.75, 3.05) is 36.8 Å². The maximum Gasteiger partial charge on any atom is 0.298 e. The van der Waals surface area contributed by atoms with E-state index < -0.39 is 0 Å². The summed E-state index contributed by atoms with van der Waals surface area (Å²) in [5, 5.41) is 5.60. The smallest absolute Gasteiger partial charge is 0.298 e. The van der Waals surface area contributed by atoms with Gasteiger partial charge >= 0.3 is 0 Å². The van der Waals surface area contributed by atoms with E-state index in [4.69, 9.17) is 9.97 Å². The fourth-order valence-corrected chi connectivity index (χ4v) is 9.06. The van der Waals surface area contributed by atoms with Crippen molar-refractivity contribution in [2.45, 2.75) is 67.2 Å². The highest BCUT2D eigenvalue weighted by molar-refractivity contribution is 6.05. The van der Waals surface area contributed by atoms with E-state index in [2.05, 4.69) is 57.8 Å². The van der Waals surface area contributed by atoms with Gasteiger partial charge in [0.15, 0.2) is 0 Å². The van der Waals surface area contributed by atoms with E-state index in [1.807, 2.05) is 74.5 Å². The molecule has 4 amide bonds. The predicted molar refractivity (Wildman–Crippen MR) is 280 cm³/mol. The van der Waals surface area contributed by atoms with E-state index >= 15 is 0 Å². The summed E-state index contributed by atoms with van der Waals surface area (Å²) in [5.74, 6) is 7.72. The molecule has 8 aromatic rings. The third-order valence-corrected chi connectivity index (χ3v) is 12.6. The molecule has 2 saturated heterocycles. The highest BCUT2D eigenvalue weighted by Gasteiger charge is 2.33. The largest absolute Gasteiger partial charge is 0.338 e. The van der Waals surface area contributed by atoms with E-state index in [-0.39, 0.29) is 50.3 Å². The summed E-state index contributed by atoms with van der Waals surface area (Å²) in [5.41, 5.74) is 9.13. The zero-order chi connectivity index (χ0) is 48.9. The lowest BCUT2D eigenvalue weighted by molar-refractivity contribution is -0.125. The fraction of sp³-hybridized carbons (Fsp3) is 0.250. The van der Waals surface area contributed by atoms with Gasteiger partial charge < -0.3 is 20.4 Å². The fourth-order valence-electron chi connectivity index (χ4n) is 9.06. The molecule has 72 heavy (non-hydrogen) atoms. The normalized spacial score (nSPS) is 14.8. The monoisotopic (exact) mass is 962 g/mol. The van der Waals surface area contributed by atoms with Crippen molar-refractivity contribution in [2.24, 2.45) is 0 Å². The highest BCUT2D eigenvalue weighted by atomic mass is 16.2. The van der Waals surface area contributed by atoms with E-state index in [9.17, 15) is 19.2 Å². The van der Waals surface area contributed by atoms with Gasteiger partial charge in [0.1, 0.15) is 23.3 Å². The second kappa shape index (κ2) is 22.3. The minimum atomic E-state index is -0.228. The van der Waals surface area contributed by atoms with E-state index in [0.717, 1.165) is 75.1 Å². The molecule has 10 rings (SSSR count). The van der Waals surface area contributed by atoms with Crippen molar-refractivity contribution in [1.82, 2.24) is 48.5 Å². The molecule has 2 aliphatic heterocycles. The van der Waals surface area contributed by atoms with Crippen LogP contribution in [-0.2, 0) is 9.59 Å². The Labute approximate surface area is 419 Å². The van der Waals surface area contributed by atoms with Gasteiger partial charge in [-0.05, 0) is 101 Å². The molecule has 0 spiro atoms. The van der Waals surface area contributed by atoms with Crippen molar-refractivity contribution in [3.05, 3.63) is 168 Å². The van der Waals surface area contributed by atoms with Crippen LogP contribution in [0.5, 0.6) is 0 Å². The molecule has 2 N–H and O–H groups in total. The third-order valence-electron chi connectivity index (χ3n) is 12.6. The summed E-state index contributed by atoms with van der Waals surface area (Å²) >= 11 is 0. The van der Waals surface area contributed by atoms with Crippen molar-refractivity contribution in [3.63, 3.8) is 0 Å². The lowest BCUT2D eigenvalue weighted by Gasteiger charge is -2.14. The van der Waals surface area contributed by atoms with Gasteiger partial charge in [-0.25, -0.2) is 19.9 Å². The number of nitrogens with one attached hydrogen (secondary N) is 2. The van der Waals surface area contributed by atoms with E-state index in [1.54, 1.807) is 78.9 Å². The van der Waals surface area contributed by atoms with Gasteiger partial charge in [0.05, 0.1) is 34.3 Å². The number of imidazole rings is 2. The first-order valence-electron chi connectivity index (χ1n) is 23.0. The number of aromatic nitrogens is 8. The van der Waals surface area contributed by atoms with Crippen LogP contribution in [0.15, 0.2) is 129 Å². The van der Waals surface area contributed by atoms with Gasteiger partial charge in [-0.1, -0.05) is 63.8 Å². The summed E-state index contributed by atoms with van der Waals surface area (Å²) in [6, 6.07) is 25.5. The molecule has 0 radical (unpaired) electrons. The molecule has 2 atom stereocenters. The van der Waals surface area contributed by atoms with Crippen LogP contribution in [-0.4, -0.2) is 98.3 Å².